The van der Waals surface area contributed by atoms with Crippen molar-refractivity contribution in [3.8, 4) is 0 Å². The summed E-state index contributed by atoms with van der Waals surface area (Å²) in [5, 5.41) is 41.2. The molecule has 3 N–H and O–H groups in total. The number of non-ortho nitro benzene ring substituents is 1. The molecule has 1 aromatic heterocycles. The predicted molar refractivity (Wildman–Crippen MR) is 76.2 cm³/mol. The molecule has 0 spiro atoms. The van der Waals surface area contributed by atoms with E-state index in [1.807, 2.05) is 0 Å². The smallest absolute Gasteiger partial charge is 0.278 e. The van der Waals surface area contributed by atoms with Gasteiger partial charge in [-0.1, -0.05) is 6.07 Å². The molecule has 4 atom stereocenters. The number of nitrogens with zero attached hydrogens (tertiary/aromatic N) is 2. The molecular formula is C14H16N2O6. The molecule has 1 saturated heterocycles. The highest BCUT2D eigenvalue weighted by Crippen LogP contribution is 2.40. The fourth-order valence-electron chi connectivity index (χ4n) is 2.93. The Labute approximate surface area is 125 Å². The van der Waals surface area contributed by atoms with Gasteiger partial charge in [0.15, 0.2) is 6.23 Å². The molecular weight excluding hydrogens is 292 g/mol. The van der Waals surface area contributed by atoms with Crippen molar-refractivity contribution in [3.63, 3.8) is 0 Å². The first-order valence-corrected chi connectivity index (χ1v) is 6.78. The summed E-state index contributed by atoms with van der Waals surface area (Å²) in [4.78, 5) is 10.6. The number of hydrogen-bond acceptors (Lipinski definition) is 6. The summed E-state index contributed by atoms with van der Waals surface area (Å²) in [5.74, 6) is 0. The minimum absolute atomic E-state index is 0.0480. The second kappa shape index (κ2) is 5.03. The van der Waals surface area contributed by atoms with Gasteiger partial charge in [0.25, 0.3) is 5.69 Å². The van der Waals surface area contributed by atoms with Crippen molar-refractivity contribution in [1.29, 1.82) is 0 Å². The first-order chi connectivity index (χ1) is 10.4. The lowest BCUT2D eigenvalue weighted by atomic mass is 9.96. The van der Waals surface area contributed by atoms with Gasteiger partial charge in [-0.15, -0.1) is 0 Å². The lowest BCUT2D eigenvalue weighted by Crippen LogP contribution is -2.44. The van der Waals surface area contributed by atoms with Gasteiger partial charge in [-0.05, 0) is 19.1 Å². The average molecular weight is 308 g/mol. The van der Waals surface area contributed by atoms with Crippen LogP contribution in [0.5, 0.6) is 0 Å². The van der Waals surface area contributed by atoms with Crippen LogP contribution in [-0.4, -0.2) is 49.2 Å². The summed E-state index contributed by atoms with van der Waals surface area (Å²) in [6.45, 7) is 0.967. The zero-order chi connectivity index (χ0) is 16.1. The predicted octanol–water partition coefficient (Wildman–Crippen LogP) is 0.551. The molecule has 0 unspecified atom stereocenters. The second-order valence-electron chi connectivity index (χ2n) is 5.57. The van der Waals surface area contributed by atoms with E-state index in [2.05, 4.69) is 0 Å². The van der Waals surface area contributed by atoms with E-state index in [0.717, 1.165) is 0 Å². The monoisotopic (exact) mass is 308 g/mol. The van der Waals surface area contributed by atoms with E-state index in [9.17, 15) is 25.4 Å². The third kappa shape index (κ3) is 2.00. The van der Waals surface area contributed by atoms with Crippen LogP contribution in [0.15, 0.2) is 30.5 Å². The number of fused-ring (bicyclic) bond motifs is 1. The summed E-state index contributed by atoms with van der Waals surface area (Å²) in [6, 6.07) is 6.16. The van der Waals surface area contributed by atoms with Crippen molar-refractivity contribution >= 4 is 16.6 Å². The van der Waals surface area contributed by atoms with Crippen molar-refractivity contribution in [2.45, 2.75) is 31.0 Å². The number of aliphatic hydroxyl groups excluding tert-OH is 2. The van der Waals surface area contributed by atoms with E-state index in [4.69, 9.17) is 4.74 Å². The van der Waals surface area contributed by atoms with Crippen LogP contribution in [0, 0.1) is 10.1 Å². The van der Waals surface area contributed by atoms with E-state index in [0.29, 0.717) is 10.9 Å². The molecule has 22 heavy (non-hydrogen) atoms. The molecule has 2 heterocycles. The number of hydrogen-bond donors (Lipinski definition) is 3. The highest BCUT2D eigenvalue weighted by Gasteiger charge is 2.52. The van der Waals surface area contributed by atoms with Crippen LogP contribution in [-0.2, 0) is 4.74 Å². The summed E-state index contributed by atoms with van der Waals surface area (Å²) in [7, 11) is 0. The van der Waals surface area contributed by atoms with E-state index >= 15 is 0 Å². The number of ether oxygens (including phenoxy) is 1. The maximum Gasteiger partial charge on any atom is 0.278 e. The Kier molecular flexibility index (Phi) is 3.41. The van der Waals surface area contributed by atoms with Crippen LogP contribution in [0.1, 0.15) is 13.2 Å². The third-order valence-corrected chi connectivity index (χ3v) is 4.12. The van der Waals surface area contributed by atoms with Crippen LogP contribution >= 0.6 is 0 Å². The summed E-state index contributed by atoms with van der Waals surface area (Å²) < 4.78 is 7.06. The Balaban J connectivity index is 2.12. The molecule has 2 aromatic rings. The number of nitro benzene ring substituents is 1. The van der Waals surface area contributed by atoms with Gasteiger partial charge in [0.1, 0.15) is 17.8 Å². The molecule has 3 rings (SSSR count). The van der Waals surface area contributed by atoms with Crippen LogP contribution in [0.2, 0.25) is 0 Å². The Morgan fingerprint density at radius 1 is 1.45 bits per heavy atom. The van der Waals surface area contributed by atoms with Gasteiger partial charge in [0, 0.05) is 12.3 Å². The zero-order valence-electron chi connectivity index (χ0n) is 11.8. The molecule has 0 bridgehead atoms. The summed E-state index contributed by atoms with van der Waals surface area (Å²) >= 11 is 0. The zero-order valence-corrected chi connectivity index (χ0v) is 11.8. The maximum absolute atomic E-state index is 11.1. The average Bonchev–Trinajstić information content (AvgIpc) is 2.99. The van der Waals surface area contributed by atoms with E-state index < -0.39 is 35.6 Å². The van der Waals surface area contributed by atoms with Crippen LogP contribution < -0.4 is 0 Å². The van der Waals surface area contributed by atoms with Gasteiger partial charge in [0.05, 0.1) is 22.4 Å². The molecule has 0 amide bonds. The Hall–Kier alpha value is -2.00. The summed E-state index contributed by atoms with van der Waals surface area (Å²) in [6.07, 6.45) is -1.59. The SMILES string of the molecule is C[C@@]1(O)[C@H](O)[C@@H](CO)O[C@H]1n1ccc2c([N+](=O)[O-])cccc21. The molecule has 1 aliphatic heterocycles. The fourth-order valence-corrected chi connectivity index (χ4v) is 2.93. The number of aromatic nitrogens is 1. The van der Waals surface area contributed by atoms with Gasteiger partial charge in [-0.25, -0.2) is 0 Å². The number of aliphatic hydroxyl groups is 3. The molecule has 1 aromatic carbocycles. The van der Waals surface area contributed by atoms with Crippen molar-refractivity contribution in [3.05, 3.63) is 40.6 Å². The minimum atomic E-state index is -1.63. The highest BCUT2D eigenvalue weighted by molar-refractivity contribution is 5.89. The van der Waals surface area contributed by atoms with Crippen LogP contribution in [0.4, 0.5) is 5.69 Å². The molecule has 0 saturated carbocycles. The van der Waals surface area contributed by atoms with Crippen molar-refractivity contribution in [1.82, 2.24) is 4.57 Å². The van der Waals surface area contributed by atoms with Crippen LogP contribution in [0.3, 0.4) is 0 Å². The molecule has 0 aliphatic carbocycles. The fraction of sp³-hybridized carbons (Fsp3) is 0.429. The number of nitro groups is 1. The molecule has 1 aliphatic rings. The molecule has 1 fully saturated rings. The first kappa shape index (κ1) is 14.9. The van der Waals surface area contributed by atoms with E-state index in [-0.39, 0.29) is 5.69 Å². The number of rotatable bonds is 3. The van der Waals surface area contributed by atoms with Gasteiger partial charge >= 0.3 is 0 Å². The first-order valence-electron chi connectivity index (χ1n) is 6.78. The van der Waals surface area contributed by atoms with Crippen LogP contribution in [0.25, 0.3) is 10.9 Å². The standard InChI is InChI=1S/C14H16N2O6/c1-14(19)12(18)11(7-17)22-13(14)15-6-5-8-9(15)3-2-4-10(8)16(20)21/h2-6,11-13,17-19H,7H2,1H3/t11-,12-,13-,14-/m1/s1. The van der Waals surface area contributed by atoms with Gasteiger partial charge in [-0.2, -0.15) is 0 Å². The largest absolute Gasteiger partial charge is 0.394 e. The highest BCUT2D eigenvalue weighted by atomic mass is 16.6. The number of benzene rings is 1. The summed E-state index contributed by atoms with van der Waals surface area (Å²) in [5.41, 5.74) is -1.18. The molecule has 8 nitrogen and oxygen atoms in total. The Morgan fingerprint density at radius 3 is 2.77 bits per heavy atom. The van der Waals surface area contributed by atoms with Crippen molar-refractivity contribution < 1.29 is 25.0 Å². The van der Waals surface area contributed by atoms with Gasteiger partial charge in [0.2, 0.25) is 0 Å². The van der Waals surface area contributed by atoms with Gasteiger partial charge < -0.3 is 24.6 Å². The Morgan fingerprint density at radius 2 is 2.18 bits per heavy atom. The van der Waals surface area contributed by atoms with Crippen molar-refractivity contribution in [2.75, 3.05) is 6.61 Å². The third-order valence-electron chi connectivity index (χ3n) is 4.12. The molecule has 0 radical (unpaired) electrons. The second-order valence-corrected chi connectivity index (χ2v) is 5.57. The lowest BCUT2D eigenvalue weighted by Gasteiger charge is -2.28. The van der Waals surface area contributed by atoms with E-state index in [1.54, 1.807) is 24.4 Å². The van der Waals surface area contributed by atoms with E-state index in [1.165, 1.54) is 17.6 Å². The Bertz CT molecular complexity index is 725. The van der Waals surface area contributed by atoms with Crippen molar-refractivity contribution in [2.24, 2.45) is 0 Å². The molecule has 118 valence electrons. The minimum Gasteiger partial charge on any atom is -0.394 e. The van der Waals surface area contributed by atoms with Gasteiger partial charge in [-0.3, -0.25) is 10.1 Å². The molecule has 8 heteroatoms. The maximum atomic E-state index is 11.1. The normalized spacial score (nSPS) is 31.7. The lowest BCUT2D eigenvalue weighted by molar-refractivity contribution is -0.383. The quantitative estimate of drug-likeness (QED) is 0.563. The topological polar surface area (TPSA) is 118 Å².